The first-order chi connectivity index (χ1) is 10.1. The first kappa shape index (κ1) is 16.2. The Kier molecular flexibility index (Phi) is 5.94. The monoisotopic (exact) mass is 326 g/mol. The molecule has 0 unspecified atom stereocenters. The van der Waals surface area contributed by atoms with Crippen molar-refractivity contribution in [1.82, 2.24) is 4.90 Å². The molecule has 0 radical (unpaired) electrons. The van der Waals surface area contributed by atoms with Crippen molar-refractivity contribution in [2.24, 2.45) is 11.7 Å². The third kappa shape index (κ3) is 4.93. The molecule has 1 aromatic rings. The zero-order valence-corrected chi connectivity index (χ0v) is 13.3. The third-order valence-corrected chi connectivity index (χ3v) is 4.90. The standard InChI is InChI=1S/C15H19ClN2O2S/c16-13-3-1-11(2-4-13)9-21-10-14(19)18-7-5-12(6-8-18)15(17)20/h1-4,12H,5-10H2,(H2,17,20). The van der Waals surface area contributed by atoms with Crippen molar-refractivity contribution in [2.75, 3.05) is 18.8 Å². The Morgan fingerprint density at radius 3 is 2.43 bits per heavy atom. The van der Waals surface area contributed by atoms with Gasteiger partial charge in [0, 0.05) is 29.8 Å². The zero-order valence-electron chi connectivity index (χ0n) is 11.8. The maximum absolute atomic E-state index is 12.1. The number of benzene rings is 1. The number of hydrogen-bond donors (Lipinski definition) is 1. The molecule has 4 nitrogen and oxygen atoms in total. The van der Waals surface area contributed by atoms with E-state index in [-0.39, 0.29) is 17.7 Å². The summed E-state index contributed by atoms with van der Waals surface area (Å²) in [6, 6.07) is 7.65. The van der Waals surface area contributed by atoms with Gasteiger partial charge in [0.2, 0.25) is 11.8 Å². The van der Waals surface area contributed by atoms with Crippen molar-refractivity contribution in [3.63, 3.8) is 0 Å². The Hall–Kier alpha value is -1.20. The van der Waals surface area contributed by atoms with E-state index in [1.54, 1.807) is 11.8 Å². The molecule has 0 bridgehead atoms. The molecule has 21 heavy (non-hydrogen) atoms. The van der Waals surface area contributed by atoms with Crippen LogP contribution >= 0.6 is 23.4 Å². The summed E-state index contributed by atoms with van der Waals surface area (Å²) in [6.07, 6.45) is 1.37. The van der Waals surface area contributed by atoms with Gasteiger partial charge < -0.3 is 10.6 Å². The van der Waals surface area contributed by atoms with Crippen LogP contribution in [0, 0.1) is 5.92 Å². The maximum atomic E-state index is 12.1. The average molecular weight is 327 g/mol. The van der Waals surface area contributed by atoms with Crippen molar-refractivity contribution in [1.29, 1.82) is 0 Å². The Labute approximate surface area is 134 Å². The molecule has 0 aliphatic carbocycles. The minimum absolute atomic E-state index is 0.0734. The number of nitrogens with two attached hydrogens (primary N) is 1. The number of amides is 2. The molecular weight excluding hydrogens is 308 g/mol. The smallest absolute Gasteiger partial charge is 0.232 e. The van der Waals surface area contributed by atoms with Crippen molar-refractivity contribution in [3.05, 3.63) is 34.9 Å². The Morgan fingerprint density at radius 2 is 1.86 bits per heavy atom. The lowest BCUT2D eigenvalue weighted by atomic mass is 9.96. The summed E-state index contributed by atoms with van der Waals surface area (Å²) in [6.45, 7) is 1.27. The van der Waals surface area contributed by atoms with E-state index in [0.29, 0.717) is 31.7 Å². The van der Waals surface area contributed by atoms with E-state index in [9.17, 15) is 9.59 Å². The molecule has 0 saturated carbocycles. The largest absolute Gasteiger partial charge is 0.369 e. The molecule has 1 heterocycles. The lowest BCUT2D eigenvalue weighted by Crippen LogP contribution is -2.42. The normalized spacial score (nSPS) is 16.0. The summed E-state index contributed by atoms with van der Waals surface area (Å²) in [5.74, 6) is 1.07. The summed E-state index contributed by atoms with van der Waals surface area (Å²) in [5.41, 5.74) is 6.45. The second-order valence-corrected chi connectivity index (χ2v) is 6.60. The fourth-order valence-corrected chi connectivity index (χ4v) is 3.35. The number of primary amides is 1. The lowest BCUT2D eigenvalue weighted by Gasteiger charge is -2.30. The fraction of sp³-hybridized carbons (Fsp3) is 0.467. The molecule has 0 atom stereocenters. The predicted molar refractivity (Wildman–Crippen MR) is 86.1 cm³/mol. The number of piperidine rings is 1. The maximum Gasteiger partial charge on any atom is 0.232 e. The highest BCUT2D eigenvalue weighted by atomic mass is 35.5. The van der Waals surface area contributed by atoms with Gasteiger partial charge in [-0.3, -0.25) is 9.59 Å². The van der Waals surface area contributed by atoms with Crippen molar-refractivity contribution < 1.29 is 9.59 Å². The van der Waals surface area contributed by atoms with Crippen LogP contribution in [0.25, 0.3) is 0 Å². The van der Waals surface area contributed by atoms with Crippen LogP contribution in [0.15, 0.2) is 24.3 Å². The van der Waals surface area contributed by atoms with E-state index < -0.39 is 0 Å². The molecule has 114 valence electrons. The quantitative estimate of drug-likeness (QED) is 0.903. The van der Waals surface area contributed by atoms with Crippen molar-refractivity contribution >= 4 is 35.2 Å². The van der Waals surface area contributed by atoms with E-state index in [1.807, 2.05) is 29.2 Å². The number of thioether (sulfide) groups is 1. The molecule has 0 spiro atoms. The van der Waals surface area contributed by atoms with Gasteiger partial charge in [0.25, 0.3) is 0 Å². The van der Waals surface area contributed by atoms with E-state index in [4.69, 9.17) is 17.3 Å². The molecule has 0 aromatic heterocycles. The minimum atomic E-state index is -0.251. The third-order valence-electron chi connectivity index (χ3n) is 3.66. The molecule has 2 rings (SSSR count). The highest BCUT2D eigenvalue weighted by molar-refractivity contribution is 7.99. The summed E-state index contributed by atoms with van der Waals surface area (Å²) in [4.78, 5) is 25.0. The van der Waals surface area contributed by atoms with Crippen LogP contribution in [0.2, 0.25) is 5.02 Å². The first-order valence-electron chi connectivity index (χ1n) is 6.95. The van der Waals surface area contributed by atoms with Crippen LogP contribution in [0.3, 0.4) is 0 Å². The van der Waals surface area contributed by atoms with E-state index >= 15 is 0 Å². The highest BCUT2D eigenvalue weighted by Gasteiger charge is 2.25. The van der Waals surface area contributed by atoms with Gasteiger partial charge >= 0.3 is 0 Å². The summed E-state index contributed by atoms with van der Waals surface area (Å²) in [7, 11) is 0. The van der Waals surface area contributed by atoms with Crippen molar-refractivity contribution in [2.45, 2.75) is 18.6 Å². The number of halogens is 1. The van der Waals surface area contributed by atoms with Gasteiger partial charge in [-0.15, -0.1) is 11.8 Å². The van der Waals surface area contributed by atoms with E-state index in [1.165, 1.54) is 0 Å². The van der Waals surface area contributed by atoms with E-state index in [0.717, 1.165) is 16.3 Å². The van der Waals surface area contributed by atoms with Gasteiger partial charge in [-0.2, -0.15) is 0 Å². The highest BCUT2D eigenvalue weighted by Crippen LogP contribution is 2.19. The van der Waals surface area contributed by atoms with Gasteiger partial charge in [0.05, 0.1) is 5.75 Å². The molecular formula is C15H19ClN2O2S. The van der Waals surface area contributed by atoms with Crippen LogP contribution in [-0.2, 0) is 15.3 Å². The molecule has 6 heteroatoms. The van der Waals surface area contributed by atoms with Crippen LogP contribution in [0.4, 0.5) is 0 Å². The van der Waals surface area contributed by atoms with Crippen LogP contribution in [0.5, 0.6) is 0 Å². The van der Waals surface area contributed by atoms with Gasteiger partial charge in [-0.1, -0.05) is 23.7 Å². The second-order valence-electron chi connectivity index (χ2n) is 5.18. The lowest BCUT2D eigenvalue weighted by molar-refractivity contribution is -0.132. The van der Waals surface area contributed by atoms with Crippen LogP contribution in [0.1, 0.15) is 18.4 Å². The molecule has 1 saturated heterocycles. The molecule has 2 amide bonds. The average Bonchev–Trinajstić information content (AvgIpc) is 2.49. The minimum Gasteiger partial charge on any atom is -0.369 e. The van der Waals surface area contributed by atoms with Crippen LogP contribution in [-0.4, -0.2) is 35.6 Å². The molecule has 1 fully saturated rings. The molecule has 2 N–H and O–H groups in total. The van der Waals surface area contributed by atoms with Gasteiger partial charge in [-0.05, 0) is 30.5 Å². The molecule has 1 aliphatic rings. The SMILES string of the molecule is NC(=O)C1CCN(C(=O)CSCc2ccc(Cl)cc2)CC1. The van der Waals surface area contributed by atoms with Gasteiger partial charge in [-0.25, -0.2) is 0 Å². The second kappa shape index (κ2) is 7.71. The predicted octanol–water partition coefficient (Wildman–Crippen LogP) is 2.30. The summed E-state index contributed by atoms with van der Waals surface area (Å²) >= 11 is 7.43. The fourth-order valence-electron chi connectivity index (χ4n) is 2.34. The summed E-state index contributed by atoms with van der Waals surface area (Å²) < 4.78 is 0. The summed E-state index contributed by atoms with van der Waals surface area (Å²) in [5, 5.41) is 0.720. The number of carbonyl (C=O) groups excluding carboxylic acids is 2. The van der Waals surface area contributed by atoms with Crippen LogP contribution < -0.4 is 5.73 Å². The molecule has 1 aliphatic heterocycles. The van der Waals surface area contributed by atoms with E-state index in [2.05, 4.69) is 0 Å². The number of hydrogen-bond acceptors (Lipinski definition) is 3. The molecule has 1 aromatic carbocycles. The van der Waals surface area contributed by atoms with Gasteiger partial charge in [0.1, 0.15) is 0 Å². The Bertz CT molecular complexity index is 499. The number of carbonyl (C=O) groups is 2. The number of likely N-dealkylation sites (tertiary alicyclic amines) is 1. The first-order valence-corrected chi connectivity index (χ1v) is 8.49. The van der Waals surface area contributed by atoms with Crippen molar-refractivity contribution in [3.8, 4) is 0 Å². The van der Waals surface area contributed by atoms with Gasteiger partial charge in [0.15, 0.2) is 0 Å². The topological polar surface area (TPSA) is 63.4 Å². The number of nitrogens with zero attached hydrogens (tertiary/aromatic N) is 1. The number of rotatable bonds is 5. The zero-order chi connectivity index (χ0) is 15.2. The Balaban J connectivity index is 1.70. The Morgan fingerprint density at radius 1 is 1.24 bits per heavy atom.